The number of aromatic amines is 1. The van der Waals surface area contributed by atoms with Crippen molar-refractivity contribution in [1.29, 1.82) is 0 Å². The predicted molar refractivity (Wildman–Crippen MR) is 77.6 cm³/mol. The monoisotopic (exact) mass is 288 g/mol. The molecule has 5 nitrogen and oxygen atoms in total. The van der Waals surface area contributed by atoms with E-state index in [1.807, 2.05) is 30.3 Å². The summed E-state index contributed by atoms with van der Waals surface area (Å²) in [5, 5.41) is 1.31. The molecule has 1 aromatic heterocycles. The highest BCUT2D eigenvalue weighted by atomic mass is 32.2. The van der Waals surface area contributed by atoms with Crippen LogP contribution in [0.5, 0.6) is 0 Å². The van der Waals surface area contributed by atoms with E-state index in [4.69, 9.17) is 4.18 Å². The van der Waals surface area contributed by atoms with Crippen LogP contribution in [0.1, 0.15) is 6.42 Å². The van der Waals surface area contributed by atoms with Crippen molar-refractivity contribution in [1.82, 2.24) is 9.88 Å². The zero-order valence-corrected chi connectivity index (χ0v) is 11.3. The molecule has 3 heterocycles. The molecular formula is C14H12N2O3S. The maximum Gasteiger partial charge on any atom is 0.248 e. The van der Waals surface area contributed by atoms with Gasteiger partial charge < -0.3 is 9.17 Å². The van der Waals surface area contributed by atoms with Crippen LogP contribution in [-0.4, -0.2) is 21.2 Å². The zero-order chi connectivity index (χ0) is 13.9. The molecule has 2 aliphatic rings. The summed E-state index contributed by atoms with van der Waals surface area (Å²) in [6.45, 7) is 0. The average Bonchev–Trinajstić information content (AvgIpc) is 2.47. The van der Waals surface area contributed by atoms with E-state index in [9.17, 15) is 9.59 Å². The molecule has 1 amide bonds. The maximum absolute atomic E-state index is 10.8. The van der Waals surface area contributed by atoms with Crippen LogP contribution in [0, 0.1) is 0 Å². The number of carbonyl (C=O) groups excluding carboxylic acids is 1. The molecule has 4 rings (SSSR count). The number of hydrogen-bond acceptors (Lipinski definition) is 4. The number of benzene rings is 1. The van der Waals surface area contributed by atoms with Crippen molar-refractivity contribution in [3.8, 4) is 0 Å². The van der Waals surface area contributed by atoms with Gasteiger partial charge in [0.1, 0.15) is 11.6 Å². The molecule has 1 saturated heterocycles. The van der Waals surface area contributed by atoms with Crippen molar-refractivity contribution in [3.63, 3.8) is 0 Å². The maximum atomic E-state index is 10.8. The number of hydrogen-bond donors (Lipinski definition) is 1. The fourth-order valence-corrected chi connectivity index (χ4v) is 2.68. The third kappa shape index (κ3) is 2.55. The van der Waals surface area contributed by atoms with E-state index in [0.29, 0.717) is 6.42 Å². The lowest BCUT2D eigenvalue weighted by atomic mass is 10.2. The van der Waals surface area contributed by atoms with Gasteiger partial charge in [-0.1, -0.05) is 18.2 Å². The van der Waals surface area contributed by atoms with Gasteiger partial charge in [-0.25, -0.2) is 0 Å². The summed E-state index contributed by atoms with van der Waals surface area (Å²) in [4.78, 5) is 25.9. The second-order valence-corrected chi connectivity index (χ2v) is 5.28. The summed E-state index contributed by atoms with van der Waals surface area (Å²) in [5.41, 5.74) is 0.837. The molecule has 1 fully saturated rings. The Morgan fingerprint density at radius 3 is 2.80 bits per heavy atom. The number of aromatic nitrogens is 1. The normalized spacial score (nSPS) is 19.5. The van der Waals surface area contributed by atoms with Crippen LogP contribution in [0.25, 0.3) is 10.9 Å². The first-order valence-corrected chi connectivity index (χ1v) is 6.92. The van der Waals surface area contributed by atoms with Crippen molar-refractivity contribution in [2.24, 2.45) is 0 Å². The first-order chi connectivity index (χ1) is 9.74. The molecule has 0 radical (unpaired) electrons. The number of carbonyl (C=O) groups is 1. The molecule has 2 aromatic rings. The van der Waals surface area contributed by atoms with Crippen LogP contribution in [-0.2, 0) is 8.98 Å². The molecule has 20 heavy (non-hydrogen) atoms. The van der Waals surface area contributed by atoms with Crippen LogP contribution in [0.2, 0.25) is 0 Å². The van der Waals surface area contributed by atoms with E-state index in [2.05, 4.69) is 4.98 Å². The summed E-state index contributed by atoms with van der Waals surface area (Å²) in [6, 6.07) is 11.0. The molecule has 0 unspecified atom stereocenters. The van der Waals surface area contributed by atoms with Gasteiger partial charge >= 0.3 is 0 Å². The first kappa shape index (κ1) is 12.8. The molecule has 102 valence electrons. The topological polar surface area (TPSA) is 62.4 Å². The number of para-hydroxylation sites is 1. The Morgan fingerprint density at radius 1 is 1.20 bits per heavy atom. The Bertz CT molecular complexity index is 725. The number of nitrogens with zero attached hydrogens (tertiary/aromatic N) is 1. The van der Waals surface area contributed by atoms with Crippen molar-refractivity contribution in [2.45, 2.75) is 11.8 Å². The van der Waals surface area contributed by atoms with E-state index < -0.39 is 0 Å². The summed E-state index contributed by atoms with van der Waals surface area (Å²) < 4.78 is 4.89. The smallest absolute Gasteiger partial charge is 0.248 e. The number of nitrogens with one attached hydrogen (secondary N) is 1. The van der Waals surface area contributed by atoms with Crippen LogP contribution in [0.3, 0.4) is 0 Å². The molecule has 2 aliphatic heterocycles. The molecule has 6 heteroatoms. The molecule has 1 N–H and O–H groups in total. The number of H-pyrrole nitrogens is 1. The molecular weight excluding hydrogens is 276 g/mol. The second-order valence-electron chi connectivity index (χ2n) is 4.35. The Morgan fingerprint density at radius 2 is 2.05 bits per heavy atom. The van der Waals surface area contributed by atoms with Crippen LogP contribution < -0.4 is 5.56 Å². The molecule has 0 saturated carbocycles. The van der Waals surface area contributed by atoms with Crippen molar-refractivity contribution in [2.75, 3.05) is 0 Å². The average molecular weight is 288 g/mol. The lowest BCUT2D eigenvalue weighted by Crippen LogP contribution is -2.48. The largest absolute Gasteiger partial charge is 0.430 e. The van der Waals surface area contributed by atoms with Crippen LogP contribution in [0.15, 0.2) is 53.7 Å². The van der Waals surface area contributed by atoms with Crippen LogP contribution in [0.4, 0.5) is 0 Å². The lowest BCUT2D eigenvalue weighted by molar-refractivity contribution is -0.138. The van der Waals surface area contributed by atoms with Gasteiger partial charge in [-0.3, -0.25) is 14.5 Å². The number of rotatable bonds is 0. The highest BCUT2D eigenvalue weighted by Crippen LogP contribution is 2.33. The number of amides is 1. The summed E-state index contributed by atoms with van der Waals surface area (Å²) >= 11 is 1.33. The van der Waals surface area contributed by atoms with Crippen molar-refractivity contribution in [3.05, 3.63) is 59.2 Å². The van der Waals surface area contributed by atoms with Gasteiger partial charge in [0.25, 0.3) is 0 Å². The Hall–Kier alpha value is -2.21. The summed E-state index contributed by atoms with van der Waals surface area (Å²) in [6.07, 6.45) is 3.82. The van der Waals surface area contributed by atoms with Gasteiger partial charge in [0.05, 0.1) is 18.5 Å². The SMILES string of the molecule is O=C1C[C@H]2SOC=CN12.O=c1ccc2ccccc2[nH]1. The predicted octanol–water partition coefficient (Wildman–Crippen LogP) is 2.22. The highest BCUT2D eigenvalue weighted by molar-refractivity contribution is 7.95. The van der Waals surface area contributed by atoms with E-state index >= 15 is 0 Å². The summed E-state index contributed by atoms with van der Waals surface area (Å²) in [7, 11) is 0. The highest BCUT2D eigenvalue weighted by Gasteiger charge is 2.37. The third-order valence-corrected chi connectivity index (χ3v) is 3.86. The van der Waals surface area contributed by atoms with E-state index in [1.165, 1.54) is 24.4 Å². The minimum Gasteiger partial charge on any atom is -0.430 e. The van der Waals surface area contributed by atoms with Gasteiger partial charge in [-0.05, 0) is 17.5 Å². The van der Waals surface area contributed by atoms with Gasteiger partial charge in [-0.15, -0.1) is 0 Å². The van der Waals surface area contributed by atoms with Crippen molar-refractivity contribution < 1.29 is 8.98 Å². The third-order valence-electron chi connectivity index (χ3n) is 3.02. The zero-order valence-electron chi connectivity index (χ0n) is 10.5. The summed E-state index contributed by atoms with van der Waals surface area (Å²) in [5.74, 6) is 0.187. The minimum atomic E-state index is -0.0521. The fraction of sp³-hybridized carbons (Fsp3) is 0.143. The fourth-order valence-electron chi connectivity index (χ4n) is 1.94. The molecule has 1 aromatic carbocycles. The molecule has 1 atom stereocenters. The Kier molecular flexibility index (Phi) is 3.47. The first-order valence-electron chi connectivity index (χ1n) is 6.12. The minimum absolute atomic E-state index is 0.0521. The van der Waals surface area contributed by atoms with E-state index in [-0.39, 0.29) is 16.8 Å². The second kappa shape index (κ2) is 5.42. The number of β-lactam (4-membered cyclic amide) rings is 1. The van der Waals surface area contributed by atoms with Crippen molar-refractivity contribution >= 4 is 28.9 Å². The Balaban J connectivity index is 0.000000123. The standard InChI is InChI=1S/C9H7NO.C5H5NO2S/c11-9-6-5-7-3-1-2-4-8(7)10-9;7-4-3-5-6(4)1-2-8-9-5/h1-6H,(H,10,11);1-2,5H,3H2/t;5-/m.1/s1. The number of pyridine rings is 1. The van der Waals surface area contributed by atoms with E-state index in [0.717, 1.165) is 10.9 Å². The Labute approximate surface area is 119 Å². The van der Waals surface area contributed by atoms with E-state index in [1.54, 1.807) is 11.1 Å². The number of fused-ring (bicyclic) bond motifs is 2. The molecule has 0 spiro atoms. The van der Waals surface area contributed by atoms with Crippen LogP contribution >= 0.6 is 12.0 Å². The molecule has 0 bridgehead atoms. The van der Waals surface area contributed by atoms with Gasteiger partial charge in [0.2, 0.25) is 11.5 Å². The lowest BCUT2D eigenvalue weighted by Gasteiger charge is -2.37. The molecule has 0 aliphatic carbocycles. The quantitative estimate of drug-likeness (QED) is 0.596. The van der Waals surface area contributed by atoms with Gasteiger partial charge in [0, 0.05) is 17.8 Å². The van der Waals surface area contributed by atoms with Gasteiger partial charge in [-0.2, -0.15) is 0 Å². The van der Waals surface area contributed by atoms with Gasteiger partial charge in [0.15, 0.2) is 0 Å².